The lowest BCUT2D eigenvalue weighted by Gasteiger charge is -2.10. The van der Waals surface area contributed by atoms with E-state index in [1.807, 2.05) is 0 Å². The first-order chi connectivity index (χ1) is 16.3. The molecule has 0 spiro atoms. The van der Waals surface area contributed by atoms with E-state index in [0.717, 1.165) is 6.07 Å². The summed E-state index contributed by atoms with van der Waals surface area (Å²) in [5.74, 6) is -5.83. The minimum absolute atomic E-state index is 0.0547. The standard InChI is InChI=1S/C24H19F3N2O5/c1-2-33-24(32)34-17-8-6-15(7-9-17)22(30)29-16-5-3-4-14(12-16)13-28-23(31)18-10-11-19(25)21(27)20(18)26/h3-12H,2,13H2,1H3,(H,28,31)(H,29,30). The number of halogens is 3. The molecule has 0 saturated heterocycles. The van der Waals surface area contributed by atoms with Gasteiger partial charge >= 0.3 is 6.16 Å². The number of anilines is 1. The zero-order chi connectivity index (χ0) is 24.7. The van der Waals surface area contributed by atoms with Crippen LogP contribution in [0.2, 0.25) is 0 Å². The number of amides is 2. The lowest BCUT2D eigenvalue weighted by atomic mass is 10.1. The molecule has 0 aliphatic rings. The number of hydrogen-bond donors (Lipinski definition) is 2. The SMILES string of the molecule is CCOC(=O)Oc1ccc(C(=O)Nc2cccc(CNC(=O)c3ccc(F)c(F)c3F)c2)cc1. The number of hydrogen-bond acceptors (Lipinski definition) is 5. The van der Waals surface area contributed by atoms with Gasteiger partial charge in [-0.25, -0.2) is 18.0 Å². The van der Waals surface area contributed by atoms with Gasteiger partial charge in [0, 0.05) is 17.8 Å². The average molecular weight is 472 g/mol. The summed E-state index contributed by atoms with van der Waals surface area (Å²) < 4.78 is 49.8. The first-order valence-electron chi connectivity index (χ1n) is 10.0. The maximum atomic E-state index is 13.8. The maximum absolute atomic E-state index is 13.8. The molecule has 0 radical (unpaired) electrons. The summed E-state index contributed by atoms with van der Waals surface area (Å²) in [6.45, 7) is 1.76. The summed E-state index contributed by atoms with van der Waals surface area (Å²) in [6, 6.07) is 13.8. The highest BCUT2D eigenvalue weighted by molar-refractivity contribution is 6.04. The minimum atomic E-state index is -1.72. The Balaban J connectivity index is 1.60. The molecule has 2 N–H and O–H groups in total. The van der Waals surface area contributed by atoms with Crippen LogP contribution in [0, 0.1) is 17.5 Å². The highest BCUT2D eigenvalue weighted by atomic mass is 19.2. The molecular formula is C24H19F3N2O5. The Kier molecular flexibility index (Phi) is 7.86. The molecule has 0 aliphatic carbocycles. The summed E-state index contributed by atoms with van der Waals surface area (Å²) in [5, 5.41) is 5.10. The smallest absolute Gasteiger partial charge is 0.434 e. The molecule has 0 fully saturated rings. The van der Waals surface area contributed by atoms with Crippen LogP contribution in [0.1, 0.15) is 33.2 Å². The largest absolute Gasteiger partial charge is 0.513 e. The number of ether oxygens (including phenoxy) is 2. The van der Waals surface area contributed by atoms with Crippen LogP contribution in [-0.2, 0) is 11.3 Å². The fourth-order valence-electron chi connectivity index (χ4n) is 2.86. The number of nitrogens with one attached hydrogen (secondary N) is 2. The van der Waals surface area contributed by atoms with Gasteiger partial charge in [-0.2, -0.15) is 0 Å². The monoisotopic (exact) mass is 472 g/mol. The zero-order valence-electron chi connectivity index (χ0n) is 17.9. The van der Waals surface area contributed by atoms with Crippen molar-refractivity contribution in [2.75, 3.05) is 11.9 Å². The van der Waals surface area contributed by atoms with Gasteiger partial charge in [0.15, 0.2) is 17.5 Å². The Labute approximate surface area is 192 Å². The molecule has 7 nitrogen and oxygen atoms in total. The van der Waals surface area contributed by atoms with Crippen molar-refractivity contribution in [1.82, 2.24) is 5.32 Å². The Morgan fingerprint density at radius 3 is 2.32 bits per heavy atom. The van der Waals surface area contributed by atoms with Crippen LogP contribution in [0.4, 0.5) is 23.7 Å². The van der Waals surface area contributed by atoms with Gasteiger partial charge in [-0.05, 0) is 61.0 Å². The van der Waals surface area contributed by atoms with Crippen molar-refractivity contribution in [1.29, 1.82) is 0 Å². The third kappa shape index (κ3) is 6.12. The van der Waals surface area contributed by atoms with Crippen molar-refractivity contribution < 1.29 is 37.0 Å². The fraction of sp³-hybridized carbons (Fsp3) is 0.125. The first kappa shape index (κ1) is 24.3. The summed E-state index contributed by atoms with van der Waals surface area (Å²) in [6.07, 6.45) is -0.851. The third-order valence-electron chi connectivity index (χ3n) is 4.50. The normalized spacial score (nSPS) is 10.4. The van der Waals surface area contributed by atoms with Crippen LogP contribution in [-0.4, -0.2) is 24.6 Å². The number of carbonyl (C=O) groups excluding carboxylic acids is 3. The van der Waals surface area contributed by atoms with Gasteiger partial charge < -0.3 is 20.1 Å². The van der Waals surface area contributed by atoms with Gasteiger partial charge in [0.05, 0.1) is 12.2 Å². The lowest BCUT2D eigenvalue weighted by molar-refractivity contribution is 0.0943. The molecular weight excluding hydrogens is 453 g/mol. The highest BCUT2D eigenvalue weighted by Crippen LogP contribution is 2.17. The minimum Gasteiger partial charge on any atom is -0.434 e. The number of benzene rings is 3. The summed E-state index contributed by atoms with van der Waals surface area (Å²) in [4.78, 5) is 35.9. The van der Waals surface area contributed by atoms with E-state index < -0.39 is 41.0 Å². The van der Waals surface area contributed by atoms with Gasteiger partial charge in [0.2, 0.25) is 0 Å². The van der Waals surface area contributed by atoms with E-state index in [9.17, 15) is 27.6 Å². The summed E-state index contributed by atoms with van der Waals surface area (Å²) in [7, 11) is 0. The van der Waals surface area contributed by atoms with E-state index in [1.54, 1.807) is 31.2 Å². The van der Waals surface area contributed by atoms with Crippen molar-refractivity contribution in [2.45, 2.75) is 13.5 Å². The van der Waals surface area contributed by atoms with Crippen molar-refractivity contribution in [3.63, 3.8) is 0 Å². The second kappa shape index (κ2) is 11.0. The van der Waals surface area contributed by atoms with Gasteiger partial charge in [0.25, 0.3) is 11.8 Å². The topological polar surface area (TPSA) is 93.7 Å². The van der Waals surface area contributed by atoms with Gasteiger partial charge in [0.1, 0.15) is 5.75 Å². The van der Waals surface area contributed by atoms with E-state index in [4.69, 9.17) is 4.74 Å². The quantitative estimate of drug-likeness (QED) is 0.292. The van der Waals surface area contributed by atoms with Crippen LogP contribution in [0.25, 0.3) is 0 Å². The molecule has 0 unspecified atom stereocenters. The van der Waals surface area contributed by atoms with Gasteiger partial charge in [-0.3, -0.25) is 9.59 Å². The van der Waals surface area contributed by atoms with Crippen molar-refractivity contribution in [3.05, 3.63) is 94.8 Å². The molecule has 0 saturated carbocycles. The second-order valence-electron chi connectivity index (χ2n) is 6.87. The summed E-state index contributed by atoms with van der Waals surface area (Å²) in [5.41, 5.74) is 0.650. The Bertz CT molecular complexity index is 1220. The Morgan fingerprint density at radius 1 is 0.882 bits per heavy atom. The third-order valence-corrected chi connectivity index (χ3v) is 4.50. The predicted octanol–water partition coefficient (Wildman–Crippen LogP) is 4.82. The lowest BCUT2D eigenvalue weighted by Crippen LogP contribution is -2.24. The van der Waals surface area contributed by atoms with E-state index in [1.165, 1.54) is 24.3 Å². The molecule has 0 atom stereocenters. The van der Waals surface area contributed by atoms with Crippen LogP contribution < -0.4 is 15.4 Å². The second-order valence-corrected chi connectivity index (χ2v) is 6.87. The zero-order valence-corrected chi connectivity index (χ0v) is 17.9. The first-order valence-corrected chi connectivity index (χ1v) is 10.0. The molecule has 3 aromatic carbocycles. The molecule has 3 aromatic rings. The molecule has 34 heavy (non-hydrogen) atoms. The number of rotatable bonds is 7. The molecule has 10 heteroatoms. The molecule has 3 rings (SSSR count). The summed E-state index contributed by atoms with van der Waals surface area (Å²) >= 11 is 0. The molecule has 0 bridgehead atoms. The van der Waals surface area contributed by atoms with E-state index in [0.29, 0.717) is 22.9 Å². The molecule has 176 valence electrons. The molecule has 0 heterocycles. The van der Waals surface area contributed by atoms with E-state index in [2.05, 4.69) is 15.4 Å². The molecule has 0 aromatic heterocycles. The molecule has 0 aliphatic heterocycles. The predicted molar refractivity (Wildman–Crippen MR) is 116 cm³/mol. The van der Waals surface area contributed by atoms with Gasteiger partial charge in [-0.15, -0.1) is 0 Å². The fourth-order valence-corrected chi connectivity index (χ4v) is 2.86. The Morgan fingerprint density at radius 2 is 1.62 bits per heavy atom. The van der Waals surface area contributed by atoms with Crippen LogP contribution in [0.3, 0.4) is 0 Å². The van der Waals surface area contributed by atoms with E-state index >= 15 is 0 Å². The van der Waals surface area contributed by atoms with Crippen LogP contribution >= 0.6 is 0 Å². The van der Waals surface area contributed by atoms with Crippen LogP contribution in [0.15, 0.2) is 60.7 Å². The van der Waals surface area contributed by atoms with Crippen molar-refractivity contribution in [3.8, 4) is 5.75 Å². The van der Waals surface area contributed by atoms with Crippen molar-refractivity contribution in [2.24, 2.45) is 0 Å². The van der Waals surface area contributed by atoms with Crippen molar-refractivity contribution >= 4 is 23.7 Å². The van der Waals surface area contributed by atoms with Crippen LogP contribution in [0.5, 0.6) is 5.75 Å². The average Bonchev–Trinajstić information content (AvgIpc) is 2.82. The van der Waals surface area contributed by atoms with E-state index in [-0.39, 0.29) is 18.9 Å². The molecule has 2 amide bonds. The number of carbonyl (C=O) groups is 3. The maximum Gasteiger partial charge on any atom is 0.513 e. The highest BCUT2D eigenvalue weighted by Gasteiger charge is 2.18. The van der Waals surface area contributed by atoms with Gasteiger partial charge in [-0.1, -0.05) is 12.1 Å². The Hall–Kier alpha value is -4.34.